The van der Waals surface area contributed by atoms with Crippen LogP contribution < -0.4 is 4.72 Å². The minimum atomic E-state index is -4.14. The maximum absolute atomic E-state index is 12.0. The fraction of sp³-hybridized carbons (Fsp3) is 0.400. The Morgan fingerprint density at radius 1 is 1.40 bits per heavy atom. The predicted molar refractivity (Wildman–Crippen MR) is 71.1 cm³/mol. The van der Waals surface area contributed by atoms with Gasteiger partial charge in [0.15, 0.2) is 0 Å². The van der Waals surface area contributed by atoms with Crippen LogP contribution >= 0.6 is 11.6 Å². The molecule has 0 amide bonds. The van der Waals surface area contributed by atoms with E-state index in [4.69, 9.17) is 21.8 Å². The van der Waals surface area contributed by atoms with E-state index in [1.807, 2.05) is 4.72 Å². The lowest BCUT2D eigenvalue weighted by Crippen LogP contribution is -2.40. The Kier molecular flexibility index (Phi) is 5.42. The van der Waals surface area contributed by atoms with E-state index in [0.29, 0.717) is 0 Å². The highest BCUT2D eigenvalue weighted by Crippen LogP contribution is 2.29. The molecule has 0 unspecified atom stereocenters. The van der Waals surface area contributed by atoms with Gasteiger partial charge in [-0.25, -0.2) is 13.1 Å². The van der Waals surface area contributed by atoms with Crippen molar-refractivity contribution in [2.45, 2.75) is 17.9 Å². The third kappa shape index (κ3) is 3.64. The molecule has 8 nitrogen and oxygen atoms in total. The summed E-state index contributed by atoms with van der Waals surface area (Å²) in [5, 5.41) is 28.5. The lowest BCUT2D eigenvalue weighted by molar-refractivity contribution is -0.385. The fourth-order valence-electron chi connectivity index (χ4n) is 1.40. The number of sulfonamides is 1. The highest BCUT2D eigenvalue weighted by molar-refractivity contribution is 7.89. The van der Waals surface area contributed by atoms with Crippen molar-refractivity contribution < 1.29 is 23.6 Å². The van der Waals surface area contributed by atoms with Gasteiger partial charge in [-0.05, 0) is 13.0 Å². The molecular formula is C10H13ClN2O6S. The van der Waals surface area contributed by atoms with Gasteiger partial charge in [0.1, 0.15) is 0 Å². The summed E-state index contributed by atoms with van der Waals surface area (Å²) in [7, 11) is -4.14. The minimum Gasteiger partial charge on any atom is -0.395 e. The molecule has 0 aliphatic carbocycles. The molecular weight excluding hydrogens is 312 g/mol. The Morgan fingerprint density at radius 2 is 1.95 bits per heavy atom. The average Bonchev–Trinajstić information content (AvgIpc) is 2.38. The number of nitro groups is 1. The minimum absolute atomic E-state index is 0.0656. The summed E-state index contributed by atoms with van der Waals surface area (Å²) in [5.74, 6) is 0. The number of aliphatic hydroxyl groups is 2. The number of aliphatic hydroxyl groups excluding tert-OH is 2. The van der Waals surface area contributed by atoms with E-state index in [9.17, 15) is 18.5 Å². The van der Waals surface area contributed by atoms with Crippen molar-refractivity contribution >= 4 is 27.3 Å². The molecule has 0 saturated heterocycles. The Hall–Kier alpha value is -1.26. The Balaban J connectivity index is 3.29. The van der Waals surface area contributed by atoms with Crippen molar-refractivity contribution in [3.05, 3.63) is 32.8 Å². The number of nitrogens with one attached hydrogen (secondary N) is 1. The number of halogens is 1. The third-order valence-corrected chi connectivity index (χ3v) is 4.45. The van der Waals surface area contributed by atoms with Crippen LogP contribution in [-0.4, -0.2) is 42.8 Å². The second-order valence-corrected chi connectivity index (χ2v) is 6.11. The molecule has 20 heavy (non-hydrogen) atoms. The molecule has 0 fully saturated rings. The highest BCUT2D eigenvalue weighted by Gasteiger charge is 2.24. The third-order valence-electron chi connectivity index (χ3n) is 2.56. The summed E-state index contributed by atoms with van der Waals surface area (Å²) in [6.07, 6.45) is 0. The van der Waals surface area contributed by atoms with E-state index in [1.54, 1.807) is 0 Å². The molecule has 3 N–H and O–H groups in total. The van der Waals surface area contributed by atoms with Gasteiger partial charge in [-0.3, -0.25) is 10.1 Å². The molecule has 0 aliphatic heterocycles. The first-order valence-electron chi connectivity index (χ1n) is 5.41. The van der Waals surface area contributed by atoms with Gasteiger partial charge in [-0.15, -0.1) is 0 Å². The molecule has 1 aromatic rings. The van der Waals surface area contributed by atoms with E-state index in [2.05, 4.69) is 0 Å². The molecule has 0 heterocycles. The van der Waals surface area contributed by atoms with Crippen LogP contribution in [0.15, 0.2) is 17.0 Å². The Bertz CT molecular complexity index is 614. The first kappa shape index (κ1) is 16.8. The second-order valence-electron chi connectivity index (χ2n) is 3.99. The van der Waals surface area contributed by atoms with Crippen LogP contribution in [0.5, 0.6) is 0 Å². The molecule has 10 heteroatoms. The van der Waals surface area contributed by atoms with Crippen LogP contribution in [0.25, 0.3) is 0 Å². The van der Waals surface area contributed by atoms with Crippen molar-refractivity contribution in [1.29, 1.82) is 0 Å². The molecule has 0 radical (unpaired) electrons. The van der Waals surface area contributed by atoms with Gasteiger partial charge in [0.05, 0.1) is 34.1 Å². The molecule has 1 aromatic carbocycles. The normalized spacial score (nSPS) is 11.8. The molecule has 0 bridgehead atoms. The van der Waals surface area contributed by atoms with Gasteiger partial charge < -0.3 is 10.2 Å². The number of hydrogen-bond donors (Lipinski definition) is 3. The van der Waals surface area contributed by atoms with Gasteiger partial charge in [0, 0.05) is 11.6 Å². The predicted octanol–water partition coefficient (Wildman–Crippen LogP) is 0.188. The van der Waals surface area contributed by atoms with E-state index in [-0.39, 0.29) is 10.6 Å². The smallest absolute Gasteiger partial charge is 0.275 e. The van der Waals surface area contributed by atoms with Gasteiger partial charge in [0.2, 0.25) is 10.0 Å². The van der Waals surface area contributed by atoms with Crippen molar-refractivity contribution in [3.8, 4) is 0 Å². The first-order valence-corrected chi connectivity index (χ1v) is 7.27. The monoisotopic (exact) mass is 324 g/mol. The van der Waals surface area contributed by atoms with E-state index in [1.165, 1.54) is 6.92 Å². The maximum atomic E-state index is 12.0. The van der Waals surface area contributed by atoms with Gasteiger partial charge in [-0.1, -0.05) is 11.6 Å². The molecule has 0 saturated carbocycles. The van der Waals surface area contributed by atoms with Crippen LogP contribution in [-0.2, 0) is 10.0 Å². The SMILES string of the molecule is Cc1c(Cl)cc(S(=O)(=O)NC(CO)CO)cc1[N+](=O)[O-]. The maximum Gasteiger partial charge on any atom is 0.275 e. The summed E-state index contributed by atoms with van der Waals surface area (Å²) >= 11 is 5.78. The van der Waals surface area contributed by atoms with E-state index in [0.717, 1.165) is 12.1 Å². The van der Waals surface area contributed by atoms with Crippen LogP contribution in [0, 0.1) is 17.0 Å². The van der Waals surface area contributed by atoms with Gasteiger partial charge in [0.25, 0.3) is 5.69 Å². The van der Waals surface area contributed by atoms with Gasteiger partial charge >= 0.3 is 0 Å². The summed E-state index contributed by atoms with van der Waals surface area (Å²) in [4.78, 5) is 9.69. The summed E-state index contributed by atoms with van der Waals surface area (Å²) in [6.45, 7) is 0.170. The zero-order valence-electron chi connectivity index (χ0n) is 10.4. The second kappa shape index (κ2) is 6.46. The van der Waals surface area contributed by atoms with Crippen molar-refractivity contribution in [1.82, 2.24) is 4.72 Å². The van der Waals surface area contributed by atoms with E-state index >= 15 is 0 Å². The lowest BCUT2D eigenvalue weighted by atomic mass is 10.2. The highest BCUT2D eigenvalue weighted by atomic mass is 35.5. The van der Waals surface area contributed by atoms with Crippen LogP contribution in [0.1, 0.15) is 5.56 Å². The fourth-order valence-corrected chi connectivity index (χ4v) is 2.95. The molecule has 0 atom stereocenters. The number of rotatable bonds is 6. The van der Waals surface area contributed by atoms with Crippen LogP contribution in [0.2, 0.25) is 5.02 Å². The molecule has 112 valence electrons. The average molecular weight is 325 g/mol. The number of nitro benzene ring substituents is 1. The molecule has 0 spiro atoms. The van der Waals surface area contributed by atoms with Gasteiger partial charge in [-0.2, -0.15) is 0 Å². The quantitative estimate of drug-likeness (QED) is 0.506. The summed E-state index contributed by atoms with van der Waals surface area (Å²) in [5.41, 5.74) is -0.279. The number of nitrogens with zero attached hydrogens (tertiary/aromatic N) is 1. The zero-order valence-corrected chi connectivity index (χ0v) is 12.0. The molecule has 0 aliphatic rings. The lowest BCUT2D eigenvalue weighted by Gasteiger charge is -2.14. The summed E-state index contributed by atoms with van der Waals surface area (Å²) < 4.78 is 26.0. The Morgan fingerprint density at radius 3 is 2.40 bits per heavy atom. The molecule has 0 aromatic heterocycles. The summed E-state index contributed by atoms with van der Waals surface area (Å²) in [6, 6.07) is 0.840. The Labute approximate surface area is 120 Å². The number of hydrogen-bond acceptors (Lipinski definition) is 6. The topological polar surface area (TPSA) is 130 Å². The van der Waals surface area contributed by atoms with Crippen molar-refractivity contribution in [3.63, 3.8) is 0 Å². The zero-order chi connectivity index (χ0) is 15.5. The van der Waals surface area contributed by atoms with Crippen molar-refractivity contribution in [2.75, 3.05) is 13.2 Å². The first-order chi connectivity index (χ1) is 9.22. The molecule has 1 rings (SSSR count). The van der Waals surface area contributed by atoms with Crippen LogP contribution in [0.4, 0.5) is 5.69 Å². The van der Waals surface area contributed by atoms with E-state index < -0.39 is 44.8 Å². The largest absolute Gasteiger partial charge is 0.395 e. The van der Waals surface area contributed by atoms with Crippen molar-refractivity contribution in [2.24, 2.45) is 0 Å². The standard InChI is InChI=1S/C10H13ClN2O6S/c1-6-9(11)2-8(3-10(6)13(16)17)20(18,19)12-7(4-14)5-15/h2-3,7,12,14-15H,4-5H2,1H3. The number of benzene rings is 1. The van der Waals surface area contributed by atoms with Crippen LogP contribution in [0.3, 0.4) is 0 Å².